The number of hydrogen-bond donors (Lipinski definition) is 2. The number of amides is 1. The Hall–Kier alpha value is -1.82. The van der Waals surface area contributed by atoms with Crippen molar-refractivity contribution in [1.29, 1.82) is 0 Å². The van der Waals surface area contributed by atoms with Crippen molar-refractivity contribution in [3.8, 4) is 0 Å². The van der Waals surface area contributed by atoms with Gasteiger partial charge in [-0.15, -0.1) is 0 Å². The van der Waals surface area contributed by atoms with Gasteiger partial charge < -0.3 is 19.7 Å². The molecule has 0 spiro atoms. The molecule has 6 nitrogen and oxygen atoms in total. The molecule has 0 radical (unpaired) electrons. The van der Waals surface area contributed by atoms with Crippen LogP contribution < -0.4 is 5.32 Å². The second-order valence-corrected chi connectivity index (χ2v) is 4.94. The number of methoxy groups -OCH3 is 1. The van der Waals surface area contributed by atoms with Crippen LogP contribution >= 0.6 is 0 Å². The van der Waals surface area contributed by atoms with Crippen LogP contribution in [0.25, 0.3) is 0 Å². The van der Waals surface area contributed by atoms with E-state index >= 15 is 0 Å². The maximum Gasteiger partial charge on any atom is 0.305 e. The molecule has 0 aromatic carbocycles. The number of carbonyl (C=O) groups is 2. The van der Waals surface area contributed by atoms with Crippen LogP contribution in [0.4, 0.5) is 0 Å². The van der Waals surface area contributed by atoms with Crippen molar-refractivity contribution in [2.75, 3.05) is 13.7 Å². The van der Waals surface area contributed by atoms with E-state index in [-0.39, 0.29) is 18.9 Å². The van der Waals surface area contributed by atoms with Gasteiger partial charge >= 0.3 is 5.97 Å². The lowest BCUT2D eigenvalue weighted by atomic mass is 9.98. The van der Waals surface area contributed by atoms with Crippen LogP contribution in [0.3, 0.4) is 0 Å². The van der Waals surface area contributed by atoms with Crippen molar-refractivity contribution in [2.45, 2.75) is 25.8 Å². The average Bonchev–Trinajstić information content (AvgIpc) is 2.58. The second kappa shape index (κ2) is 5.88. The van der Waals surface area contributed by atoms with E-state index in [2.05, 4.69) is 5.32 Å². The van der Waals surface area contributed by atoms with Crippen molar-refractivity contribution in [3.63, 3.8) is 0 Å². The zero-order valence-electron chi connectivity index (χ0n) is 11.7. The molecule has 0 aliphatic heterocycles. The van der Waals surface area contributed by atoms with Gasteiger partial charge in [0.05, 0.1) is 18.6 Å². The predicted molar refractivity (Wildman–Crippen MR) is 70.2 cm³/mol. The van der Waals surface area contributed by atoms with Crippen molar-refractivity contribution < 1.29 is 19.4 Å². The molecule has 0 saturated carbocycles. The largest absolute Gasteiger partial charge is 0.481 e. The lowest BCUT2D eigenvalue weighted by molar-refractivity contribution is -0.139. The highest BCUT2D eigenvalue weighted by Gasteiger charge is 2.30. The molecule has 106 valence electrons. The summed E-state index contributed by atoms with van der Waals surface area (Å²) >= 11 is 0. The van der Waals surface area contributed by atoms with Gasteiger partial charge in [-0.2, -0.15) is 0 Å². The van der Waals surface area contributed by atoms with Crippen LogP contribution in [0.2, 0.25) is 0 Å². The van der Waals surface area contributed by atoms with E-state index in [0.717, 1.165) is 5.69 Å². The molecule has 0 bridgehead atoms. The minimum absolute atomic E-state index is 0.133. The Morgan fingerprint density at radius 1 is 1.47 bits per heavy atom. The summed E-state index contributed by atoms with van der Waals surface area (Å²) in [7, 11) is 3.26. The lowest BCUT2D eigenvalue weighted by Crippen LogP contribution is -2.51. The van der Waals surface area contributed by atoms with Gasteiger partial charge in [0, 0.05) is 19.9 Å². The third-order valence-corrected chi connectivity index (χ3v) is 3.03. The molecule has 0 saturated heterocycles. The number of rotatable bonds is 6. The molecule has 1 heterocycles. The van der Waals surface area contributed by atoms with Crippen molar-refractivity contribution >= 4 is 11.9 Å². The molecule has 1 rings (SSSR count). The van der Waals surface area contributed by atoms with Gasteiger partial charge in [0.2, 0.25) is 0 Å². The van der Waals surface area contributed by atoms with Crippen LogP contribution in [-0.2, 0) is 16.6 Å². The Bertz CT molecular complexity index is 481. The molecule has 19 heavy (non-hydrogen) atoms. The minimum Gasteiger partial charge on any atom is -0.481 e. The SMILES string of the molecule is COCC(C)(CC(=O)O)NC(=O)c1ccc(C)n1C. The van der Waals surface area contributed by atoms with Crippen molar-refractivity contribution in [1.82, 2.24) is 9.88 Å². The van der Waals surface area contributed by atoms with E-state index in [4.69, 9.17) is 9.84 Å². The van der Waals surface area contributed by atoms with Gasteiger partial charge in [-0.05, 0) is 26.0 Å². The fourth-order valence-corrected chi connectivity index (χ4v) is 1.96. The normalized spacial score (nSPS) is 13.9. The van der Waals surface area contributed by atoms with Crippen molar-refractivity contribution in [3.05, 3.63) is 23.5 Å². The number of aryl methyl sites for hydroxylation is 1. The van der Waals surface area contributed by atoms with E-state index in [9.17, 15) is 9.59 Å². The number of hydrogen-bond acceptors (Lipinski definition) is 3. The first-order chi connectivity index (χ1) is 8.79. The molecule has 0 aliphatic carbocycles. The lowest BCUT2D eigenvalue weighted by Gasteiger charge is -2.28. The number of carbonyl (C=O) groups excluding carboxylic acids is 1. The van der Waals surface area contributed by atoms with E-state index in [1.165, 1.54) is 7.11 Å². The number of ether oxygens (including phenoxy) is 1. The first-order valence-electron chi connectivity index (χ1n) is 5.94. The summed E-state index contributed by atoms with van der Waals surface area (Å²) in [6.45, 7) is 3.68. The maximum atomic E-state index is 12.2. The fourth-order valence-electron chi connectivity index (χ4n) is 1.96. The summed E-state index contributed by atoms with van der Waals surface area (Å²) in [5.74, 6) is -1.29. The Balaban J connectivity index is 2.87. The van der Waals surface area contributed by atoms with Gasteiger partial charge in [-0.1, -0.05) is 0 Å². The summed E-state index contributed by atoms with van der Waals surface area (Å²) < 4.78 is 6.75. The Kier molecular flexibility index (Phi) is 4.72. The highest BCUT2D eigenvalue weighted by atomic mass is 16.5. The maximum absolute atomic E-state index is 12.2. The number of carboxylic acid groups (broad SMARTS) is 1. The zero-order chi connectivity index (χ0) is 14.6. The Morgan fingerprint density at radius 3 is 2.53 bits per heavy atom. The first-order valence-corrected chi connectivity index (χ1v) is 5.94. The number of aromatic nitrogens is 1. The van der Waals surface area contributed by atoms with E-state index in [1.54, 1.807) is 24.6 Å². The van der Waals surface area contributed by atoms with Gasteiger partial charge in [0.15, 0.2) is 0 Å². The molecule has 2 N–H and O–H groups in total. The quantitative estimate of drug-likeness (QED) is 0.804. The summed E-state index contributed by atoms with van der Waals surface area (Å²) in [4.78, 5) is 23.0. The van der Waals surface area contributed by atoms with E-state index in [0.29, 0.717) is 5.69 Å². The third-order valence-electron chi connectivity index (χ3n) is 3.03. The molecule has 6 heteroatoms. The number of nitrogens with zero attached hydrogens (tertiary/aromatic N) is 1. The molecule has 1 aromatic heterocycles. The Labute approximate surface area is 112 Å². The highest BCUT2D eigenvalue weighted by Crippen LogP contribution is 2.13. The van der Waals surface area contributed by atoms with Gasteiger partial charge in [-0.25, -0.2) is 0 Å². The standard InChI is InChI=1S/C13H20N2O4/c1-9-5-6-10(15(9)3)12(18)14-13(2,8-19-4)7-11(16)17/h5-6H,7-8H2,1-4H3,(H,14,18)(H,16,17). The molecule has 1 atom stereocenters. The summed E-state index contributed by atoms with van der Waals surface area (Å²) in [6.07, 6.45) is -0.198. The van der Waals surface area contributed by atoms with Crippen LogP contribution in [-0.4, -0.2) is 40.8 Å². The molecular formula is C13H20N2O4. The summed E-state index contributed by atoms with van der Waals surface area (Å²) in [6, 6.07) is 3.54. The average molecular weight is 268 g/mol. The van der Waals surface area contributed by atoms with E-state index < -0.39 is 11.5 Å². The van der Waals surface area contributed by atoms with Crippen LogP contribution in [0, 0.1) is 6.92 Å². The van der Waals surface area contributed by atoms with Gasteiger partial charge in [0.25, 0.3) is 5.91 Å². The molecule has 0 fully saturated rings. The summed E-state index contributed by atoms with van der Waals surface area (Å²) in [5.41, 5.74) is 0.512. The third kappa shape index (κ3) is 3.82. The first kappa shape index (κ1) is 15.2. The Morgan fingerprint density at radius 2 is 2.11 bits per heavy atom. The topological polar surface area (TPSA) is 80.6 Å². The zero-order valence-corrected chi connectivity index (χ0v) is 11.7. The van der Waals surface area contributed by atoms with Crippen LogP contribution in [0.15, 0.2) is 12.1 Å². The van der Waals surface area contributed by atoms with Gasteiger partial charge in [-0.3, -0.25) is 9.59 Å². The number of nitrogens with one attached hydrogen (secondary N) is 1. The monoisotopic (exact) mass is 268 g/mol. The molecule has 1 amide bonds. The second-order valence-electron chi connectivity index (χ2n) is 4.94. The van der Waals surface area contributed by atoms with E-state index in [1.807, 2.05) is 13.0 Å². The van der Waals surface area contributed by atoms with Crippen LogP contribution in [0.1, 0.15) is 29.5 Å². The number of carboxylic acids is 1. The molecule has 0 aliphatic rings. The smallest absolute Gasteiger partial charge is 0.305 e. The number of aliphatic carboxylic acids is 1. The predicted octanol–water partition coefficient (Wildman–Crippen LogP) is 0.943. The van der Waals surface area contributed by atoms with Crippen LogP contribution in [0.5, 0.6) is 0 Å². The molecule has 1 aromatic rings. The molecule has 1 unspecified atom stereocenters. The van der Waals surface area contributed by atoms with Gasteiger partial charge in [0.1, 0.15) is 5.69 Å². The summed E-state index contributed by atoms with van der Waals surface area (Å²) in [5, 5.41) is 11.6. The fraction of sp³-hybridized carbons (Fsp3) is 0.538. The van der Waals surface area contributed by atoms with Crippen molar-refractivity contribution in [2.24, 2.45) is 7.05 Å². The highest BCUT2D eigenvalue weighted by molar-refractivity contribution is 5.93. The minimum atomic E-state index is -0.983. The molecular weight excluding hydrogens is 248 g/mol.